The molecular formula is C12H18N2O2. The average molecular weight is 222 g/mol. The van der Waals surface area contributed by atoms with E-state index in [1.54, 1.807) is 0 Å². The quantitative estimate of drug-likeness (QED) is 0.649. The molecule has 1 aromatic carbocycles. The number of hydrogen-bond acceptors (Lipinski definition) is 4. The van der Waals surface area contributed by atoms with Crippen molar-refractivity contribution in [1.82, 2.24) is 5.32 Å². The predicted molar refractivity (Wildman–Crippen MR) is 62.9 cm³/mol. The maximum atomic E-state index is 10.0. The summed E-state index contributed by atoms with van der Waals surface area (Å²) in [7, 11) is 0. The van der Waals surface area contributed by atoms with Gasteiger partial charge in [-0.1, -0.05) is 18.2 Å². The highest BCUT2D eigenvalue weighted by atomic mass is 16.5. The number of nitrogens with one attached hydrogen (secondary N) is 1. The van der Waals surface area contributed by atoms with Crippen molar-refractivity contribution in [2.45, 2.75) is 18.6 Å². The topological polar surface area (TPSA) is 67.5 Å². The third-order valence-corrected chi connectivity index (χ3v) is 2.91. The van der Waals surface area contributed by atoms with E-state index in [4.69, 9.17) is 10.5 Å². The first-order valence-corrected chi connectivity index (χ1v) is 5.54. The Morgan fingerprint density at radius 2 is 2.25 bits per heavy atom. The maximum Gasteiger partial charge on any atom is 0.102 e. The minimum Gasteiger partial charge on any atom is -0.398 e. The Bertz CT molecular complexity index is 349. The fourth-order valence-electron chi connectivity index (χ4n) is 1.86. The van der Waals surface area contributed by atoms with Crippen LogP contribution in [0.4, 0.5) is 5.69 Å². The molecule has 1 fully saturated rings. The monoisotopic (exact) mass is 222 g/mol. The van der Waals surface area contributed by atoms with Crippen LogP contribution in [-0.2, 0) is 11.3 Å². The molecule has 1 aliphatic heterocycles. The molecule has 88 valence electrons. The second-order valence-electron chi connectivity index (χ2n) is 4.33. The maximum absolute atomic E-state index is 10.0. The molecule has 4 N–H and O–H groups in total. The molecule has 1 saturated heterocycles. The van der Waals surface area contributed by atoms with E-state index in [0.717, 1.165) is 11.3 Å². The van der Waals surface area contributed by atoms with Gasteiger partial charge in [-0.3, -0.25) is 0 Å². The van der Waals surface area contributed by atoms with E-state index in [1.165, 1.54) is 0 Å². The summed E-state index contributed by atoms with van der Waals surface area (Å²) in [4.78, 5) is 0. The Kier molecular flexibility index (Phi) is 3.43. The summed E-state index contributed by atoms with van der Waals surface area (Å²) in [5.74, 6) is 0. The molecule has 1 aromatic rings. The lowest BCUT2D eigenvalue weighted by Gasteiger charge is -2.20. The zero-order valence-electron chi connectivity index (χ0n) is 9.28. The van der Waals surface area contributed by atoms with Crippen molar-refractivity contribution in [3.63, 3.8) is 0 Å². The van der Waals surface area contributed by atoms with E-state index in [1.807, 2.05) is 24.3 Å². The molecule has 0 amide bonds. The summed E-state index contributed by atoms with van der Waals surface area (Å²) in [6.45, 7) is 2.28. The molecule has 0 saturated carbocycles. The Balaban J connectivity index is 1.82. The lowest BCUT2D eigenvalue weighted by molar-refractivity contribution is 0.0268. The van der Waals surface area contributed by atoms with Gasteiger partial charge in [0.1, 0.15) is 5.60 Å². The van der Waals surface area contributed by atoms with E-state index < -0.39 is 5.60 Å². The lowest BCUT2D eigenvalue weighted by Crippen LogP contribution is -2.40. The van der Waals surface area contributed by atoms with Crippen LogP contribution < -0.4 is 11.1 Å². The first-order chi connectivity index (χ1) is 7.70. The minimum atomic E-state index is -0.705. The molecule has 16 heavy (non-hydrogen) atoms. The molecule has 1 heterocycles. The summed E-state index contributed by atoms with van der Waals surface area (Å²) in [5, 5.41) is 13.2. The van der Waals surface area contributed by atoms with Crippen LogP contribution in [0, 0.1) is 0 Å². The second-order valence-corrected chi connectivity index (χ2v) is 4.33. The summed E-state index contributed by atoms with van der Waals surface area (Å²) < 4.78 is 5.17. The van der Waals surface area contributed by atoms with Crippen LogP contribution in [0.5, 0.6) is 0 Å². The van der Waals surface area contributed by atoms with E-state index >= 15 is 0 Å². The van der Waals surface area contributed by atoms with Crippen molar-refractivity contribution in [3.05, 3.63) is 29.8 Å². The molecule has 0 aliphatic carbocycles. The SMILES string of the molecule is Nc1ccccc1CNCC1(O)CCOC1. The van der Waals surface area contributed by atoms with E-state index in [9.17, 15) is 5.11 Å². The molecule has 4 nitrogen and oxygen atoms in total. The van der Waals surface area contributed by atoms with Crippen LogP contribution in [-0.4, -0.2) is 30.5 Å². The van der Waals surface area contributed by atoms with Crippen molar-refractivity contribution >= 4 is 5.69 Å². The fourth-order valence-corrected chi connectivity index (χ4v) is 1.86. The second kappa shape index (κ2) is 4.82. The zero-order valence-corrected chi connectivity index (χ0v) is 9.28. The minimum absolute atomic E-state index is 0.421. The van der Waals surface area contributed by atoms with Crippen molar-refractivity contribution in [2.75, 3.05) is 25.5 Å². The Hall–Kier alpha value is -1.10. The summed E-state index contributed by atoms with van der Waals surface area (Å²) in [5.41, 5.74) is 6.96. The normalized spacial score (nSPS) is 24.8. The van der Waals surface area contributed by atoms with E-state index in [2.05, 4.69) is 5.32 Å². The van der Waals surface area contributed by atoms with Gasteiger partial charge >= 0.3 is 0 Å². The largest absolute Gasteiger partial charge is 0.398 e. The van der Waals surface area contributed by atoms with Crippen molar-refractivity contribution < 1.29 is 9.84 Å². The number of aliphatic hydroxyl groups is 1. The summed E-state index contributed by atoms with van der Waals surface area (Å²) in [6, 6.07) is 7.74. The molecule has 0 spiro atoms. The predicted octanol–water partition coefficient (Wildman–Crippen LogP) is 0.510. The van der Waals surface area contributed by atoms with Gasteiger partial charge < -0.3 is 20.9 Å². The van der Waals surface area contributed by atoms with Crippen molar-refractivity contribution in [3.8, 4) is 0 Å². The Morgan fingerprint density at radius 1 is 1.44 bits per heavy atom. The van der Waals surface area contributed by atoms with Gasteiger partial charge in [-0.2, -0.15) is 0 Å². The molecule has 2 rings (SSSR count). The van der Waals surface area contributed by atoms with Gasteiger partial charge in [-0.15, -0.1) is 0 Å². The number of anilines is 1. The summed E-state index contributed by atoms with van der Waals surface area (Å²) >= 11 is 0. The van der Waals surface area contributed by atoms with Crippen LogP contribution in [0.3, 0.4) is 0 Å². The highest BCUT2D eigenvalue weighted by molar-refractivity contribution is 5.46. The first-order valence-electron chi connectivity index (χ1n) is 5.54. The molecule has 0 aromatic heterocycles. The van der Waals surface area contributed by atoms with Gasteiger partial charge in [0.2, 0.25) is 0 Å². The van der Waals surface area contributed by atoms with Crippen LogP contribution in [0.1, 0.15) is 12.0 Å². The number of nitrogen functional groups attached to an aromatic ring is 1. The smallest absolute Gasteiger partial charge is 0.102 e. The van der Waals surface area contributed by atoms with Crippen LogP contribution >= 0.6 is 0 Å². The van der Waals surface area contributed by atoms with Crippen LogP contribution in [0.25, 0.3) is 0 Å². The van der Waals surface area contributed by atoms with Gasteiger partial charge in [-0.25, -0.2) is 0 Å². The lowest BCUT2D eigenvalue weighted by atomic mass is 10.0. The Morgan fingerprint density at radius 3 is 2.94 bits per heavy atom. The standard InChI is InChI=1S/C12H18N2O2/c13-11-4-2-1-3-10(11)7-14-8-12(15)5-6-16-9-12/h1-4,14-15H,5-9,13H2. The molecular weight excluding hydrogens is 204 g/mol. The van der Waals surface area contributed by atoms with Gasteiger partial charge in [0, 0.05) is 31.8 Å². The average Bonchev–Trinajstić information content (AvgIpc) is 2.68. The number of nitrogens with two attached hydrogens (primary N) is 1. The molecule has 0 bridgehead atoms. The number of para-hydroxylation sites is 1. The van der Waals surface area contributed by atoms with Crippen LogP contribution in [0.2, 0.25) is 0 Å². The molecule has 1 aliphatic rings. The third-order valence-electron chi connectivity index (χ3n) is 2.91. The van der Waals surface area contributed by atoms with Gasteiger partial charge in [-0.05, 0) is 11.6 Å². The van der Waals surface area contributed by atoms with Gasteiger partial charge in [0.25, 0.3) is 0 Å². The third kappa shape index (κ3) is 2.72. The molecule has 1 atom stereocenters. The zero-order chi connectivity index (χ0) is 11.4. The number of hydrogen-bond donors (Lipinski definition) is 3. The fraction of sp³-hybridized carbons (Fsp3) is 0.500. The van der Waals surface area contributed by atoms with Crippen molar-refractivity contribution in [1.29, 1.82) is 0 Å². The molecule has 1 unspecified atom stereocenters. The van der Waals surface area contributed by atoms with Gasteiger partial charge in [0.05, 0.1) is 6.61 Å². The first kappa shape index (κ1) is 11.4. The molecule has 0 radical (unpaired) electrons. The Labute approximate surface area is 95.4 Å². The summed E-state index contributed by atoms with van der Waals surface area (Å²) in [6.07, 6.45) is 0.699. The molecule has 4 heteroatoms. The number of benzene rings is 1. The van der Waals surface area contributed by atoms with E-state index in [0.29, 0.717) is 32.7 Å². The highest BCUT2D eigenvalue weighted by Gasteiger charge is 2.31. The van der Waals surface area contributed by atoms with Gasteiger partial charge in [0.15, 0.2) is 0 Å². The van der Waals surface area contributed by atoms with E-state index in [-0.39, 0.29) is 0 Å². The number of rotatable bonds is 4. The number of ether oxygens (including phenoxy) is 1. The highest BCUT2D eigenvalue weighted by Crippen LogP contribution is 2.17. The van der Waals surface area contributed by atoms with Crippen molar-refractivity contribution in [2.24, 2.45) is 0 Å². The van der Waals surface area contributed by atoms with Crippen LogP contribution in [0.15, 0.2) is 24.3 Å².